The van der Waals surface area contributed by atoms with Gasteiger partial charge in [-0.2, -0.15) is 24.7 Å². The molecular formula is C13H13N7. The van der Waals surface area contributed by atoms with Crippen molar-refractivity contribution in [2.75, 3.05) is 11.9 Å². The van der Waals surface area contributed by atoms with Gasteiger partial charge in [0.1, 0.15) is 12.7 Å². The summed E-state index contributed by atoms with van der Waals surface area (Å²) in [7, 11) is 0. The van der Waals surface area contributed by atoms with Crippen molar-refractivity contribution in [1.82, 2.24) is 29.7 Å². The highest BCUT2D eigenvalue weighted by Crippen LogP contribution is 2.16. The fourth-order valence-corrected chi connectivity index (χ4v) is 1.73. The zero-order valence-electron chi connectivity index (χ0n) is 10.9. The van der Waals surface area contributed by atoms with Crippen LogP contribution < -0.4 is 5.32 Å². The van der Waals surface area contributed by atoms with Crippen LogP contribution in [-0.4, -0.2) is 36.3 Å². The van der Waals surface area contributed by atoms with Crippen LogP contribution in [0.4, 0.5) is 5.95 Å². The Labute approximate surface area is 115 Å². The summed E-state index contributed by atoms with van der Waals surface area (Å²) in [6, 6.07) is 9.75. The lowest BCUT2D eigenvalue weighted by Crippen LogP contribution is -2.10. The van der Waals surface area contributed by atoms with Gasteiger partial charge < -0.3 is 5.32 Å². The maximum atomic E-state index is 4.43. The molecule has 7 nitrogen and oxygen atoms in total. The molecule has 3 aromatic rings. The Morgan fingerprint density at radius 3 is 2.65 bits per heavy atom. The van der Waals surface area contributed by atoms with Gasteiger partial charge >= 0.3 is 0 Å². The predicted molar refractivity (Wildman–Crippen MR) is 74.3 cm³/mol. The van der Waals surface area contributed by atoms with E-state index in [0.29, 0.717) is 17.7 Å². The Morgan fingerprint density at radius 1 is 1.10 bits per heavy atom. The zero-order valence-corrected chi connectivity index (χ0v) is 10.9. The first-order chi connectivity index (χ1) is 9.86. The molecule has 0 fully saturated rings. The standard InChI is InChI=1S/C13H13N7/c1-2-15-12-17-11(10-6-4-3-5-7-10)18-13(19-12)20-9-14-8-16-20/h3-9H,2H2,1H3,(H,15,17,18,19). The smallest absolute Gasteiger partial charge is 0.257 e. The molecule has 0 unspecified atom stereocenters. The van der Waals surface area contributed by atoms with Crippen LogP contribution in [-0.2, 0) is 0 Å². The Hall–Kier alpha value is -2.83. The average molecular weight is 267 g/mol. The number of benzene rings is 1. The highest BCUT2D eigenvalue weighted by atomic mass is 15.4. The first-order valence-corrected chi connectivity index (χ1v) is 6.27. The topological polar surface area (TPSA) is 81.4 Å². The first-order valence-electron chi connectivity index (χ1n) is 6.27. The summed E-state index contributed by atoms with van der Waals surface area (Å²) < 4.78 is 1.51. The van der Waals surface area contributed by atoms with E-state index in [1.54, 1.807) is 6.33 Å². The van der Waals surface area contributed by atoms with Crippen LogP contribution in [0.25, 0.3) is 17.3 Å². The second kappa shape index (κ2) is 5.43. The van der Waals surface area contributed by atoms with Crippen molar-refractivity contribution in [3.05, 3.63) is 43.0 Å². The molecule has 2 heterocycles. The highest BCUT2D eigenvalue weighted by Gasteiger charge is 2.09. The largest absolute Gasteiger partial charge is 0.354 e. The molecule has 0 atom stereocenters. The number of nitrogens with zero attached hydrogens (tertiary/aromatic N) is 6. The van der Waals surface area contributed by atoms with E-state index in [4.69, 9.17) is 0 Å². The van der Waals surface area contributed by atoms with Crippen LogP contribution in [0, 0.1) is 0 Å². The van der Waals surface area contributed by atoms with Gasteiger partial charge in [0.25, 0.3) is 5.95 Å². The Morgan fingerprint density at radius 2 is 1.95 bits per heavy atom. The Bertz CT molecular complexity index is 679. The summed E-state index contributed by atoms with van der Waals surface area (Å²) in [6.45, 7) is 2.72. The van der Waals surface area contributed by atoms with Gasteiger partial charge in [-0.25, -0.2) is 4.98 Å². The summed E-state index contributed by atoms with van der Waals surface area (Å²) in [5.74, 6) is 1.56. The van der Waals surface area contributed by atoms with Crippen LogP contribution in [0.5, 0.6) is 0 Å². The van der Waals surface area contributed by atoms with Crippen LogP contribution in [0.2, 0.25) is 0 Å². The van der Waals surface area contributed by atoms with E-state index in [9.17, 15) is 0 Å². The van der Waals surface area contributed by atoms with E-state index in [1.807, 2.05) is 37.3 Å². The average Bonchev–Trinajstić information content (AvgIpc) is 3.02. The number of hydrogen-bond donors (Lipinski definition) is 1. The third kappa shape index (κ3) is 2.46. The summed E-state index contributed by atoms with van der Waals surface area (Å²) >= 11 is 0. The molecule has 0 amide bonds. The van der Waals surface area contributed by atoms with Crippen LogP contribution in [0.15, 0.2) is 43.0 Å². The Kier molecular flexibility index (Phi) is 3.32. The Balaban J connectivity index is 2.10. The molecule has 0 spiro atoms. The lowest BCUT2D eigenvalue weighted by molar-refractivity contribution is 0.796. The van der Waals surface area contributed by atoms with Gasteiger partial charge in [0.15, 0.2) is 5.82 Å². The van der Waals surface area contributed by atoms with Gasteiger partial charge in [0, 0.05) is 12.1 Å². The van der Waals surface area contributed by atoms with Crippen molar-refractivity contribution in [2.45, 2.75) is 6.92 Å². The molecule has 2 aromatic heterocycles. The first kappa shape index (κ1) is 12.2. The normalized spacial score (nSPS) is 10.4. The van der Waals surface area contributed by atoms with Crippen molar-refractivity contribution >= 4 is 5.95 Å². The molecular weight excluding hydrogens is 254 g/mol. The molecule has 0 aliphatic heterocycles. The van der Waals surface area contributed by atoms with Gasteiger partial charge in [-0.1, -0.05) is 30.3 Å². The number of anilines is 1. The van der Waals surface area contributed by atoms with Gasteiger partial charge in [0.2, 0.25) is 5.95 Å². The molecule has 0 saturated carbocycles. The van der Waals surface area contributed by atoms with E-state index < -0.39 is 0 Å². The fraction of sp³-hybridized carbons (Fsp3) is 0.154. The van der Waals surface area contributed by atoms with Gasteiger partial charge in [-0.3, -0.25) is 0 Å². The second-order valence-electron chi connectivity index (χ2n) is 4.02. The minimum atomic E-state index is 0.437. The van der Waals surface area contributed by atoms with Gasteiger partial charge in [-0.15, -0.1) is 0 Å². The lowest BCUT2D eigenvalue weighted by atomic mass is 10.2. The number of hydrogen-bond acceptors (Lipinski definition) is 6. The van der Waals surface area contributed by atoms with E-state index in [-0.39, 0.29) is 0 Å². The molecule has 0 radical (unpaired) electrons. The SMILES string of the molecule is CCNc1nc(-c2ccccc2)nc(-n2cncn2)n1. The maximum absolute atomic E-state index is 4.43. The van der Waals surface area contributed by atoms with E-state index in [0.717, 1.165) is 12.1 Å². The molecule has 0 saturated heterocycles. The molecule has 0 bridgehead atoms. The van der Waals surface area contributed by atoms with E-state index in [1.165, 1.54) is 11.0 Å². The second-order valence-corrected chi connectivity index (χ2v) is 4.02. The summed E-state index contributed by atoms with van der Waals surface area (Å²) in [6.07, 6.45) is 3.00. The van der Waals surface area contributed by atoms with Crippen LogP contribution in [0.3, 0.4) is 0 Å². The number of rotatable bonds is 4. The minimum absolute atomic E-state index is 0.437. The number of nitrogens with one attached hydrogen (secondary N) is 1. The number of aromatic nitrogens is 6. The summed E-state index contributed by atoms with van der Waals surface area (Å²) in [5.41, 5.74) is 0.926. The predicted octanol–water partition coefficient (Wildman–Crippen LogP) is 1.55. The van der Waals surface area contributed by atoms with Crippen molar-refractivity contribution in [3.8, 4) is 17.3 Å². The monoisotopic (exact) mass is 267 g/mol. The van der Waals surface area contributed by atoms with Gasteiger partial charge in [0.05, 0.1) is 0 Å². The molecule has 0 aliphatic rings. The molecule has 0 aliphatic carbocycles. The maximum Gasteiger partial charge on any atom is 0.257 e. The molecule has 3 rings (SSSR count). The zero-order chi connectivity index (χ0) is 13.8. The molecule has 20 heavy (non-hydrogen) atoms. The van der Waals surface area contributed by atoms with Gasteiger partial charge in [-0.05, 0) is 6.92 Å². The van der Waals surface area contributed by atoms with E-state index >= 15 is 0 Å². The van der Waals surface area contributed by atoms with Crippen molar-refractivity contribution in [3.63, 3.8) is 0 Å². The van der Waals surface area contributed by atoms with Crippen molar-refractivity contribution in [1.29, 1.82) is 0 Å². The third-order valence-corrected chi connectivity index (χ3v) is 2.61. The minimum Gasteiger partial charge on any atom is -0.354 e. The fourth-order valence-electron chi connectivity index (χ4n) is 1.73. The quantitative estimate of drug-likeness (QED) is 0.772. The third-order valence-electron chi connectivity index (χ3n) is 2.61. The van der Waals surface area contributed by atoms with Crippen LogP contribution >= 0.6 is 0 Å². The van der Waals surface area contributed by atoms with Crippen molar-refractivity contribution in [2.24, 2.45) is 0 Å². The molecule has 1 aromatic carbocycles. The summed E-state index contributed by atoms with van der Waals surface area (Å²) in [5, 5.41) is 7.14. The molecule has 1 N–H and O–H groups in total. The molecule has 7 heteroatoms. The van der Waals surface area contributed by atoms with Crippen LogP contribution in [0.1, 0.15) is 6.92 Å². The lowest BCUT2D eigenvalue weighted by Gasteiger charge is -2.07. The molecule has 100 valence electrons. The summed E-state index contributed by atoms with van der Waals surface area (Å²) in [4.78, 5) is 17.1. The van der Waals surface area contributed by atoms with E-state index in [2.05, 4.69) is 30.4 Å². The highest BCUT2D eigenvalue weighted by molar-refractivity contribution is 5.56. The van der Waals surface area contributed by atoms with Crippen molar-refractivity contribution < 1.29 is 0 Å².